The van der Waals surface area contributed by atoms with E-state index in [0.717, 1.165) is 5.75 Å². The Labute approximate surface area is 110 Å². The van der Waals surface area contributed by atoms with Gasteiger partial charge in [0.15, 0.2) is 0 Å². The minimum Gasteiger partial charge on any atom is -0.497 e. The summed E-state index contributed by atoms with van der Waals surface area (Å²) < 4.78 is 5.26. The number of benzene rings is 1. The zero-order valence-corrected chi connectivity index (χ0v) is 11.4. The van der Waals surface area contributed by atoms with Gasteiger partial charge in [0.05, 0.1) is 7.11 Å². The Kier molecular flexibility index (Phi) is 4.61. The normalized spacial score (nSPS) is 18.6. The molecule has 0 aliphatic heterocycles. The SMILES string of the molecule is COc1ccc(C(NN)C2CCCCC2)c(C)c1. The lowest BCUT2D eigenvalue weighted by atomic mass is 9.80. The van der Waals surface area contributed by atoms with Crippen molar-refractivity contribution in [3.05, 3.63) is 29.3 Å². The first-order chi connectivity index (χ1) is 8.76. The summed E-state index contributed by atoms with van der Waals surface area (Å²) in [6.45, 7) is 2.13. The fourth-order valence-electron chi connectivity index (χ4n) is 3.07. The molecule has 0 heterocycles. The highest BCUT2D eigenvalue weighted by Gasteiger charge is 2.25. The third kappa shape index (κ3) is 2.85. The van der Waals surface area contributed by atoms with Gasteiger partial charge in [-0.3, -0.25) is 11.3 Å². The smallest absolute Gasteiger partial charge is 0.119 e. The highest BCUT2D eigenvalue weighted by molar-refractivity contribution is 5.37. The van der Waals surface area contributed by atoms with Crippen LogP contribution in [-0.2, 0) is 0 Å². The van der Waals surface area contributed by atoms with E-state index in [0.29, 0.717) is 5.92 Å². The van der Waals surface area contributed by atoms with Gasteiger partial charge < -0.3 is 4.74 Å². The third-order valence-electron chi connectivity index (χ3n) is 4.11. The molecule has 1 aromatic rings. The largest absolute Gasteiger partial charge is 0.497 e. The summed E-state index contributed by atoms with van der Waals surface area (Å²) in [7, 11) is 1.70. The minimum absolute atomic E-state index is 0.274. The van der Waals surface area contributed by atoms with Gasteiger partial charge >= 0.3 is 0 Å². The highest BCUT2D eigenvalue weighted by Crippen LogP contribution is 2.35. The van der Waals surface area contributed by atoms with Crippen molar-refractivity contribution in [1.29, 1.82) is 0 Å². The van der Waals surface area contributed by atoms with Crippen molar-refractivity contribution < 1.29 is 4.74 Å². The fraction of sp³-hybridized carbons (Fsp3) is 0.600. The van der Waals surface area contributed by atoms with Crippen molar-refractivity contribution in [2.45, 2.75) is 45.1 Å². The van der Waals surface area contributed by atoms with Gasteiger partial charge in [0.1, 0.15) is 5.75 Å². The highest BCUT2D eigenvalue weighted by atomic mass is 16.5. The maximum absolute atomic E-state index is 5.79. The van der Waals surface area contributed by atoms with E-state index in [-0.39, 0.29) is 6.04 Å². The predicted molar refractivity (Wildman–Crippen MR) is 74.4 cm³/mol. The molecule has 0 spiro atoms. The van der Waals surface area contributed by atoms with E-state index < -0.39 is 0 Å². The molecule has 3 heteroatoms. The maximum atomic E-state index is 5.79. The molecule has 1 aliphatic carbocycles. The van der Waals surface area contributed by atoms with Crippen molar-refractivity contribution in [2.75, 3.05) is 7.11 Å². The Morgan fingerprint density at radius 1 is 1.28 bits per heavy atom. The summed E-state index contributed by atoms with van der Waals surface area (Å²) in [6, 6.07) is 6.53. The monoisotopic (exact) mass is 248 g/mol. The van der Waals surface area contributed by atoms with Crippen LogP contribution in [0.3, 0.4) is 0 Å². The average Bonchev–Trinajstić information content (AvgIpc) is 2.42. The van der Waals surface area contributed by atoms with Gasteiger partial charge in [0.2, 0.25) is 0 Å². The first-order valence-electron chi connectivity index (χ1n) is 6.87. The number of nitrogens with two attached hydrogens (primary N) is 1. The molecule has 3 N–H and O–H groups in total. The number of rotatable bonds is 4. The van der Waals surface area contributed by atoms with Crippen LogP contribution in [0.25, 0.3) is 0 Å². The first kappa shape index (κ1) is 13.4. The molecule has 1 aromatic carbocycles. The molecule has 100 valence electrons. The van der Waals surface area contributed by atoms with Crippen molar-refractivity contribution in [1.82, 2.24) is 5.43 Å². The third-order valence-corrected chi connectivity index (χ3v) is 4.11. The van der Waals surface area contributed by atoms with E-state index in [1.807, 2.05) is 6.07 Å². The lowest BCUT2D eigenvalue weighted by Crippen LogP contribution is -2.35. The molecule has 0 amide bonds. The van der Waals surface area contributed by atoms with Crippen LogP contribution in [-0.4, -0.2) is 7.11 Å². The molecular weight excluding hydrogens is 224 g/mol. The number of hydrogen-bond acceptors (Lipinski definition) is 3. The summed E-state index contributed by atoms with van der Waals surface area (Å²) in [5.74, 6) is 7.37. The zero-order valence-electron chi connectivity index (χ0n) is 11.4. The molecule has 0 aromatic heterocycles. The quantitative estimate of drug-likeness (QED) is 0.636. The first-order valence-corrected chi connectivity index (χ1v) is 6.87. The van der Waals surface area contributed by atoms with Gasteiger partial charge in [-0.15, -0.1) is 0 Å². The van der Waals surface area contributed by atoms with Crippen LogP contribution in [0.4, 0.5) is 0 Å². The molecule has 1 atom stereocenters. The van der Waals surface area contributed by atoms with E-state index in [4.69, 9.17) is 10.6 Å². The number of ether oxygens (including phenoxy) is 1. The van der Waals surface area contributed by atoms with Gasteiger partial charge in [-0.25, -0.2) is 0 Å². The van der Waals surface area contributed by atoms with E-state index >= 15 is 0 Å². The van der Waals surface area contributed by atoms with Crippen LogP contribution in [0.2, 0.25) is 0 Å². The van der Waals surface area contributed by atoms with Crippen LogP contribution < -0.4 is 16.0 Å². The Morgan fingerprint density at radius 3 is 2.56 bits per heavy atom. The number of methoxy groups -OCH3 is 1. The molecular formula is C15H24N2O. The Balaban J connectivity index is 2.20. The molecule has 0 radical (unpaired) electrons. The second-order valence-electron chi connectivity index (χ2n) is 5.26. The van der Waals surface area contributed by atoms with Crippen molar-refractivity contribution in [2.24, 2.45) is 11.8 Å². The zero-order chi connectivity index (χ0) is 13.0. The number of hydrogen-bond donors (Lipinski definition) is 2. The van der Waals surface area contributed by atoms with Crippen molar-refractivity contribution >= 4 is 0 Å². The molecule has 1 unspecified atom stereocenters. The lowest BCUT2D eigenvalue weighted by molar-refractivity contribution is 0.272. The van der Waals surface area contributed by atoms with Crippen LogP contribution in [0, 0.1) is 12.8 Å². The minimum atomic E-state index is 0.274. The van der Waals surface area contributed by atoms with Gasteiger partial charge in [0.25, 0.3) is 0 Å². The van der Waals surface area contributed by atoms with E-state index in [2.05, 4.69) is 24.5 Å². The van der Waals surface area contributed by atoms with Gasteiger partial charge in [-0.05, 0) is 48.9 Å². The van der Waals surface area contributed by atoms with Gasteiger partial charge in [-0.2, -0.15) is 0 Å². The van der Waals surface area contributed by atoms with Crippen LogP contribution >= 0.6 is 0 Å². The van der Waals surface area contributed by atoms with Crippen LogP contribution in [0.15, 0.2) is 18.2 Å². The predicted octanol–water partition coefficient (Wildman–Crippen LogP) is 3.09. The van der Waals surface area contributed by atoms with E-state index in [1.165, 1.54) is 43.2 Å². The molecule has 1 aliphatic rings. The molecule has 1 saturated carbocycles. The Bertz CT molecular complexity index is 386. The molecule has 18 heavy (non-hydrogen) atoms. The summed E-state index contributed by atoms with van der Waals surface area (Å²) in [4.78, 5) is 0. The Morgan fingerprint density at radius 2 is 2.00 bits per heavy atom. The molecule has 0 bridgehead atoms. The summed E-state index contributed by atoms with van der Waals surface area (Å²) in [6.07, 6.45) is 6.59. The fourth-order valence-corrected chi connectivity index (χ4v) is 3.07. The summed E-state index contributed by atoms with van der Waals surface area (Å²) >= 11 is 0. The standard InChI is InChI=1S/C15H24N2O/c1-11-10-13(18-2)8-9-14(11)15(17-16)12-6-4-3-5-7-12/h8-10,12,15,17H,3-7,16H2,1-2H3. The number of hydrazine groups is 1. The molecule has 2 rings (SSSR count). The Hall–Kier alpha value is -1.06. The summed E-state index contributed by atoms with van der Waals surface area (Å²) in [5.41, 5.74) is 5.59. The van der Waals surface area contributed by atoms with Crippen molar-refractivity contribution in [3.63, 3.8) is 0 Å². The van der Waals surface area contributed by atoms with Crippen LogP contribution in [0.5, 0.6) is 5.75 Å². The summed E-state index contributed by atoms with van der Waals surface area (Å²) in [5, 5.41) is 0. The molecule has 1 fully saturated rings. The number of aryl methyl sites for hydroxylation is 1. The topological polar surface area (TPSA) is 47.3 Å². The second kappa shape index (κ2) is 6.21. The second-order valence-corrected chi connectivity index (χ2v) is 5.26. The average molecular weight is 248 g/mol. The van der Waals surface area contributed by atoms with E-state index in [9.17, 15) is 0 Å². The van der Waals surface area contributed by atoms with Crippen LogP contribution in [0.1, 0.15) is 49.3 Å². The maximum Gasteiger partial charge on any atom is 0.119 e. The number of nitrogens with one attached hydrogen (secondary N) is 1. The lowest BCUT2D eigenvalue weighted by Gasteiger charge is -2.31. The van der Waals surface area contributed by atoms with Crippen molar-refractivity contribution in [3.8, 4) is 5.75 Å². The molecule has 3 nitrogen and oxygen atoms in total. The molecule has 0 saturated heterocycles. The van der Waals surface area contributed by atoms with Gasteiger partial charge in [0, 0.05) is 6.04 Å². The van der Waals surface area contributed by atoms with E-state index in [1.54, 1.807) is 7.11 Å². The van der Waals surface area contributed by atoms with Gasteiger partial charge in [-0.1, -0.05) is 25.3 Å².